The third-order valence-electron chi connectivity index (χ3n) is 5.08. The largest absolute Gasteiger partial charge is 0.494 e. The van der Waals surface area contributed by atoms with Crippen LogP contribution in [0, 0.1) is 12.7 Å². The van der Waals surface area contributed by atoms with Crippen molar-refractivity contribution in [3.8, 4) is 5.75 Å². The number of nitrogens with one attached hydrogen (secondary N) is 1. The summed E-state index contributed by atoms with van der Waals surface area (Å²) in [6, 6.07) is 20.2. The maximum atomic E-state index is 14.5. The molecule has 0 atom stereocenters. The molecular formula is C26H23FN2O3. The van der Waals surface area contributed by atoms with Crippen molar-refractivity contribution in [2.24, 2.45) is 0 Å². The molecule has 1 aliphatic heterocycles. The van der Waals surface area contributed by atoms with Gasteiger partial charge in [0.15, 0.2) is 0 Å². The van der Waals surface area contributed by atoms with Gasteiger partial charge in [-0.25, -0.2) is 9.29 Å². The van der Waals surface area contributed by atoms with E-state index in [0.29, 0.717) is 23.6 Å². The van der Waals surface area contributed by atoms with Gasteiger partial charge >= 0.3 is 0 Å². The zero-order chi connectivity index (χ0) is 22.7. The molecule has 0 fully saturated rings. The van der Waals surface area contributed by atoms with Gasteiger partial charge in [0, 0.05) is 5.69 Å². The van der Waals surface area contributed by atoms with Gasteiger partial charge in [-0.05, 0) is 60.9 Å². The first-order chi connectivity index (χ1) is 15.5. The van der Waals surface area contributed by atoms with E-state index in [1.165, 1.54) is 18.2 Å². The standard InChI is InChI=1S/C26H23FN2O3/c1-3-15-32-20-13-11-18(12-14-20)23-24(28-19-8-6-7-17(2)16-19)26(31)29(25(23)30)22-10-5-4-9-21(22)27/h4-14,16,28H,3,15H2,1-2H3. The van der Waals surface area contributed by atoms with Crippen LogP contribution in [0.25, 0.3) is 5.57 Å². The first-order valence-corrected chi connectivity index (χ1v) is 10.4. The molecule has 0 aliphatic carbocycles. The van der Waals surface area contributed by atoms with Gasteiger partial charge < -0.3 is 10.1 Å². The SMILES string of the molecule is CCCOc1ccc(C2=C(Nc3cccc(C)c3)C(=O)N(c3ccccc3F)C2=O)cc1. The number of aryl methyl sites for hydroxylation is 1. The summed E-state index contributed by atoms with van der Waals surface area (Å²) in [5.41, 5.74) is 2.41. The lowest BCUT2D eigenvalue weighted by molar-refractivity contribution is -0.120. The van der Waals surface area contributed by atoms with E-state index in [0.717, 1.165) is 16.9 Å². The Labute approximate surface area is 186 Å². The fourth-order valence-electron chi connectivity index (χ4n) is 3.57. The Morgan fingerprint density at radius 1 is 0.938 bits per heavy atom. The van der Waals surface area contributed by atoms with Crippen LogP contribution in [0.5, 0.6) is 5.75 Å². The molecule has 0 aromatic heterocycles. The van der Waals surface area contributed by atoms with Gasteiger partial charge in [-0.1, -0.05) is 43.3 Å². The van der Waals surface area contributed by atoms with Crippen molar-refractivity contribution in [1.82, 2.24) is 0 Å². The van der Waals surface area contributed by atoms with E-state index >= 15 is 0 Å². The molecule has 0 saturated heterocycles. The highest BCUT2D eigenvalue weighted by atomic mass is 19.1. The Morgan fingerprint density at radius 3 is 2.38 bits per heavy atom. The molecule has 5 nitrogen and oxygen atoms in total. The summed E-state index contributed by atoms with van der Waals surface area (Å²) in [4.78, 5) is 27.6. The van der Waals surface area contributed by atoms with Crippen LogP contribution in [-0.2, 0) is 9.59 Å². The van der Waals surface area contributed by atoms with Gasteiger partial charge in [0.05, 0.1) is 17.9 Å². The number of nitrogens with zero attached hydrogens (tertiary/aromatic N) is 1. The van der Waals surface area contributed by atoms with Crippen molar-refractivity contribution >= 4 is 28.8 Å². The number of halogens is 1. The van der Waals surface area contributed by atoms with Crippen LogP contribution in [0.4, 0.5) is 15.8 Å². The number of carbonyl (C=O) groups excluding carboxylic acids is 2. The van der Waals surface area contributed by atoms with Crippen molar-refractivity contribution in [3.63, 3.8) is 0 Å². The highest BCUT2D eigenvalue weighted by Gasteiger charge is 2.41. The highest BCUT2D eigenvalue weighted by Crippen LogP contribution is 2.35. The number of amides is 2. The molecule has 0 spiro atoms. The van der Waals surface area contributed by atoms with Crippen LogP contribution in [0.1, 0.15) is 24.5 Å². The third-order valence-corrected chi connectivity index (χ3v) is 5.08. The third kappa shape index (κ3) is 4.12. The van der Waals surface area contributed by atoms with E-state index in [2.05, 4.69) is 5.32 Å². The number of ether oxygens (including phenoxy) is 1. The van der Waals surface area contributed by atoms with E-state index < -0.39 is 17.6 Å². The summed E-state index contributed by atoms with van der Waals surface area (Å²) < 4.78 is 20.1. The summed E-state index contributed by atoms with van der Waals surface area (Å²) in [6.45, 7) is 4.53. The van der Waals surface area contributed by atoms with Crippen LogP contribution in [0.15, 0.2) is 78.5 Å². The quantitative estimate of drug-likeness (QED) is 0.516. The second-order valence-corrected chi connectivity index (χ2v) is 7.51. The molecule has 4 rings (SSSR count). The Bertz CT molecular complexity index is 1200. The topological polar surface area (TPSA) is 58.6 Å². The zero-order valence-electron chi connectivity index (χ0n) is 17.9. The first kappa shape index (κ1) is 21.3. The Kier molecular flexibility index (Phi) is 6.03. The number of hydrogen-bond donors (Lipinski definition) is 1. The normalized spacial score (nSPS) is 13.7. The Hall–Kier alpha value is -3.93. The van der Waals surface area contributed by atoms with Crippen LogP contribution in [0.3, 0.4) is 0 Å². The van der Waals surface area contributed by atoms with Crippen LogP contribution < -0.4 is 15.0 Å². The van der Waals surface area contributed by atoms with Crippen molar-refractivity contribution < 1.29 is 18.7 Å². The predicted octanol–water partition coefficient (Wildman–Crippen LogP) is 5.32. The summed E-state index contributed by atoms with van der Waals surface area (Å²) in [5, 5.41) is 3.09. The predicted molar refractivity (Wildman–Crippen MR) is 123 cm³/mol. The molecule has 0 unspecified atom stereocenters. The number of hydrogen-bond acceptors (Lipinski definition) is 4. The maximum Gasteiger partial charge on any atom is 0.282 e. The smallest absolute Gasteiger partial charge is 0.282 e. The van der Waals surface area contributed by atoms with Gasteiger partial charge in [-0.3, -0.25) is 9.59 Å². The van der Waals surface area contributed by atoms with E-state index in [4.69, 9.17) is 4.74 Å². The van der Waals surface area contributed by atoms with E-state index in [1.54, 1.807) is 30.3 Å². The minimum atomic E-state index is -0.645. The summed E-state index contributed by atoms with van der Waals surface area (Å²) in [6.07, 6.45) is 0.877. The summed E-state index contributed by atoms with van der Waals surface area (Å²) in [5.74, 6) is -1.17. The molecule has 3 aromatic rings. The number of para-hydroxylation sites is 1. The minimum Gasteiger partial charge on any atom is -0.494 e. The van der Waals surface area contributed by atoms with Gasteiger partial charge in [-0.15, -0.1) is 0 Å². The Morgan fingerprint density at radius 2 is 1.69 bits per heavy atom. The minimum absolute atomic E-state index is 0.0797. The average molecular weight is 430 g/mol. The fraction of sp³-hybridized carbons (Fsp3) is 0.154. The molecule has 3 aromatic carbocycles. The molecule has 32 heavy (non-hydrogen) atoms. The van der Waals surface area contributed by atoms with Gasteiger partial charge in [-0.2, -0.15) is 0 Å². The molecule has 1 N–H and O–H groups in total. The number of rotatable bonds is 7. The summed E-state index contributed by atoms with van der Waals surface area (Å²) in [7, 11) is 0. The molecule has 2 amide bonds. The van der Waals surface area contributed by atoms with Crippen molar-refractivity contribution in [2.75, 3.05) is 16.8 Å². The monoisotopic (exact) mass is 430 g/mol. The summed E-state index contributed by atoms with van der Waals surface area (Å²) >= 11 is 0. The Balaban J connectivity index is 1.78. The van der Waals surface area contributed by atoms with Crippen molar-refractivity contribution in [1.29, 1.82) is 0 Å². The van der Waals surface area contributed by atoms with Gasteiger partial charge in [0.2, 0.25) is 0 Å². The zero-order valence-corrected chi connectivity index (χ0v) is 17.9. The lowest BCUT2D eigenvalue weighted by Gasteiger charge is -2.16. The van der Waals surface area contributed by atoms with Crippen molar-refractivity contribution in [2.45, 2.75) is 20.3 Å². The second kappa shape index (κ2) is 9.06. The van der Waals surface area contributed by atoms with E-state index in [1.807, 2.05) is 38.1 Å². The van der Waals surface area contributed by atoms with Crippen molar-refractivity contribution in [3.05, 3.63) is 95.4 Å². The first-order valence-electron chi connectivity index (χ1n) is 10.4. The molecule has 162 valence electrons. The molecular weight excluding hydrogens is 407 g/mol. The molecule has 6 heteroatoms. The number of anilines is 2. The fourth-order valence-corrected chi connectivity index (χ4v) is 3.57. The van der Waals surface area contributed by atoms with Crippen LogP contribution >= 0.6 is 0 Å². The number of benzene rings is 3. The lowest BCUT2D eigenvalue weighted by atomic mass is 10.0. The molecule has 0 bridgehead atoms. The van der Waals surface area contributed by atoms with Crippen LogP contribution in [-0.4, -0.2) is 18.4 Å². The average Bonchev–Trinajstić information content (AvgIpc) is 3.02. The molecule has 1 aliphatic rings. The number of imide groups is 1. The highest BCUT2D eigenvalue weighted by molar-refractivity contribution is 6.46. The molecule has 0 radical (unpaired) electrons. The van der Waals surface area contributed by atoms with Gasteiger partial charge in [0.25, 0.3) is 11.8 Å². The van der Waals surface area contributed by atoms with E-state index in [9.17, 15) is 14.0 Å². The second-order valence-electron chi connectivity index (χ2n) is 7.51. The number of carbonyl (C=O) groups is 2. The molecule has 0 saturated carbocycles. The lowest BCUT2D eigenvalue weighted by Crippen LogP contribution is -2.33. The van der Waals surface area contributed by atoms with Gasteiger partial charge in [0.1, 0.15) is 17.3 Å². The molecule has 1 heterocycles. The maximum absolute atomic E-state index is 14.5. The van der Waals surface area contributed by atoms with Crippen LogP contribution in [0.2, 0.25) is 0 Å². The van der Waals surface area contributed by atoms with E-state index in [-0.39, 0.29) is 17.0 Å².